The Kier molecular flexibility index (Phi) is 7.57. The molecule has 38 heavy (non-hydrogen) atoms. The molecule has 8 nitrogen and oxygen atoms in total. The normalized spacial score (nSPS) is 16.4. The van der Waals surface area contributed by atoms with Gasteiger partial charge in [0.2, 0.25) is 5.91 Å². The van der Waals surface area contributed by atoms with Crippen LogP contribution in [0.1, 0.15) is 67.2 Å². The van der Waals surface area contributed by atoms with Crippen molar-refractivity contribution in [1.29, 1.82) is 0 Å². The van der Waals surface area contributed by atoms with Gasteiger partial charge in [0.05, 0.1) is 5.60 Å². The van der Waals surface area contributed by atoms with Crippen LogP contribution in [0.3, 0.4) is 0 Å². The summed E-state index contributed by atoms with van der Waals surface area (Å²) in [5, 5.41) is 10.3. The molecule has 0 radical (unpaired) electrons. The zero-order valence-corrected chi connectivity index (χ0v) is 23.6. The first-order chi connectivity index (χ1) is 17.8. The fraction of sp³-hybridized carbons (Fsp3) is 0.500. The molecule has 1 saturated heterocycles. The number of amides is 3. The number of rotatable bonds is 4. The lowest BCUT2D eigenvalue weighted by molar-refractivity contribution is -0.160. The highest BCUT2D eigenvalue weighted by Crippen LogP contribution is 2.43. The van der Waals surface area contributed by atoms with E-state index in [4.69, 9.17) is 4.74 Å². The van der Waals surface area contributed by atoms with Crippen LogP contribution in [0, 0.1) is 20.8 Å². The summed E-state index contributed by atoms with van der Waals surface area (Å²) < 4.78 is 6.15. The molecule has 0 aromatic heterocycles. The van der Waals surface area contributed by atoms with Gasteiger partial charge < -0.3 is 24.5 Å². The highest BCUT2D eigenvalue weighted by atomic mass is 16.5. The third-order valence-corrected chi connectivity index (χ3v) is 7.58. The number of benzene rings is 2. The Morgan fingerprint density at radius 2 is 1.37 bits per heavy atom. The Morgan fingerprint density at radius 1 is 0.842 bits per heavy atom. The summed E-state index contributed by atoms with van der Waals surface area (Å²) in [6, 6.07) is 8.04. The molecular weight excluding hydrogens is 482 g/mol. The lowest BCUT2D eigenvalue weighted by atomic mass is 9.83. The van der Waals surface area contributed by atoms with Crippen LogP contribution < -0.4 is 0 Å². The highest BCUT2D eigenvalue weighted by Gasteiger charge is 2.37. The smallest absolute Gasteiger partial charge is 0.337 e. The number of carbonyl (C=O) groups is 3. The molecule has 0 bridgehead atoms. The maximum atomic E-state index is 13.5. The quantitative estimate of drug-likeness (QED) is 0.623. The first kappa shape index (κ1) is 27.6. The Balaban J connectivity index is 1.77. The minimum absolute atomic E-state index is 0.0264. The number of piperazine rings is 1. The Morgan fingerprint density at radius 3 is 1.87 bits per heavy atom. The minimum Gasteiger partial charge on any atom is -0.479 e. The zero-order valence-electron chi connectivity index (χ0n) is 23.6. The van der Waals surface area contributed by atoms with Crippen molar-refractivity contribution in [2.45, 2.75) is 73.3 Å². The topological polar surface area (TPSA) is 90.4 Å². The van der Waals surface area contributed by atoms with E-state index in [1.165, 1.54) is 0 Å². The molecule has 1 unspecified atom stereocenters. The van der Waals surface area contributed by atoms with Crippen LogP contribution in [0.5, 0.6) is 0 Å². The van der Waals surface area contributed by atoms with Gasteiger partial charge in [0.15, 0.2) is 6.10 Å². The van der Waals surface area contributed by atoms with Crippen LogP contribution in [0.4, 0.5) is 4.79 Å². The minimum atomic E-state index is -1.15. The van der Waals surface area contributed by atoms with Crippen molar-refractivity contribution in [3.8, 4) is 11.1 Å². The second-order valence-corrected chi connectivity index (χ2v) is 11.4. The largest absolute Gasteiger partial charge is 0.479 e. The lowest BCUT2D eigenvalue weighted by Crippen LogP contribution is -2.52. The Hall–Kier alpha value is -3.39. The van der Waals surface area contributed by atoms with Gasteiger partial charge in [0.25, 0.3) is 0 Å². The molecule has 2 aliphatic heterocycles. The summed E-state index contributed by atoms with van der Waals surface area (Å²) in [6.45, 7) is 16.1. The molecule has 4 rings (SSSR count). The van der Waals surface area contributed by atoms with E-state index in [2.05, 4.69) is 0 Å². The van der Waals surface area contributed by atoms with Gasteiger partial charge in [-0.05, 0) is 74.9 Å². The number of ether oxygens (including phenoxy) is 1. The van der Waals surface area contributed by atoms with E-state index in [1.807, 2.05) is 70.7 Å². The number of nitrogens with zero attached hydrogens (tertiary/aromatic N) is 3. The van der Waals surface area contributed by atoms with Crippen molar-refractivity contribution in [2.24, 2.45) is 0 Å². The second-order valence-electron chi connectivity index (χ2n) is 11.4. The number of aliphatic carboxylic acids is 1. The summed E-state index contributed by atoms with van der Waals surface area (Å²) in [7, 11) is 0. The van der Waals surface area contributed by atoms with Gasteiger partial charge in [0, 0.05) is 51.8 Å². The molecule has 2 aliphatic rings. The van der Waals surface area contributed by atoms with Crippen molar-refractivity contribution in [3.63, 3.8) is 0 Å². The maximum absolute atomic E-state index is 13.5. The van der Waals surface area contributed by atoms with Crippen LogP contribution >= 0.6 is 0 Å². The first-order valence-electron chi connectivity index (χ1n) is 13.2. The average molecular weight is 522 g/mol. The summed E-state index contributed by atoms with van der Waals surface area (Å²) in [5.74, 6) is -1.01. The summed E-state index contributed by atoms with van der Waals surface area (Å²) in [4.78, 5) is 43.2. The van der Waals surface area contributed by atoms with Gasteiger partial charge in [-0.1, -0.05) is 29.8 Å². The van der Waals surface area contributed by atoms with Crippen molar-refractivity contribution in [3.05, 3.63) is 57.6 Å². The average Bonchev–Trinajstić information content (AvgIpc) is 3.31. The number of hydrogen-bond acceptors (Lipinski definition) is 4. The van der Waals surface area contributed by atoms with Crippen molar-refractivity contribution < 1.29 is 24.2 Å². The van der Waals surface area contributed by atoms with Gasteiger partial charge in [-0.25, -0.2) is 9.59 Å². The first-order valence-corrected chi connectivity index (χ1v) is 13.2. The van der Waals surface area contributed by atoms with E-state index < -0.39 is 17.7 Å². The van der Waals surface area contributed by atoms with E-state index in [1.54, 1.807) is 16.7 Å². The van der Waals surface area contributed by atoms with Crippen molar-refractivity contribution >= 4 is 17.9 Å². The summed E-state index contributed by atoms with van der Waals surface area (Å²) >= 11 is 0. The molecule has 3 amide bonds. The Labute approximate surface area is 225 Å². The molecule has 204 valence electrons. The molecule has 0 saturated carbocycles. The SMILES string of the molecule is CC(=O)N1CCN(C(=O)N2Cc3c(C)c(-c4ccc(C)cc4)c(C(OC(C)(C)C)C(=O)O)c(C)c3C2)CC1. The maximum Gasteiger partial charge on any atom is 0.337 e. The number of carboxylic acids is 1. The molecule has 1 N–H and O–H groups in total. The summed E-state index contributed by atoms with van der Waals surface area (Å²) in [5.41, 5.74) is 6.79. The molecule has 8 heteroatoms. The number of carbonyl (C=O) groups excluding carboxylic acids is 2. The van der Waals surface area contributed by atoms with E-state index >= 15 is 0 Å². The highest BCUT2D eigenvalue weighted by molar-refractivity contribution is 5.85. The van der Waals surface area contributed by atoms with E-state index in [0.717, 1.165) is 38.9 Å². The van der Waals surface area contributed by atoms with Gasteiger partial charge in [0.1, 0.15) is 0 Å². The predicted molar refractivity (Wildman–Crippen MR) is 146 cm³/mol. The number of aryl methyl sites for hydroxylation is 1. The number of urea groups is 1. The van der Waals surface area contributed by atoms with Crippen LogP contribution in [-0.4, -0.2) is 69.5 Å². The second kappa shape index (κ2) is 10.4. The zero-order chi connectivity index (χ0) is 27.9. The van der Waals surface area contributed by atoms with Crippen LogP contribution in [0.15, 0.2) is 24.3 Å². The van der Waals surface area contributed by atoms with Gasteiger partial charge in [-0.2, -0.15) is 0 Å². The van der Waals surface area contributed by atoms with Crippen LogP contribution in [0.2, 0.25) is 0 Å². The number of carboxylic acid groups (broad SMARTS) is 1. The molecule has 1 fully saturated rings. The predicted octanol–water partition coefficient (Wildman–Crippen LogP) is 4.82. The lowest BCUT2D eigenvalue weighted by Gasteiger charge is -2.36. The van der Waals surface area contributed by atoms with E-state index in [9.17, 15) is 19.5 Å². The Bertz CT molecular complexity index is 1250. The van der Waals surface area contributed by atoms with E-state index in [-0.39, 0.29) is 11.9 Å². The van der Waals surface area contributed by atoms with Crippen molar-refractivity contribution in [1.82, 2.24) is 14.7 Å². The fourth-order valence-corrected chi connectivity index (χ4v) is 5.58. The molecule has 0 spiro atoms. The molecule has 1 atom stereocenters. The third kappa shape index (κ3) is 5.41. The van der Waals surface area contributed by atoms with Gasteiger partial charge in [-0.15, -0.1) is 0 Å². The third-order valence-electron chi connectivity index (χ3n) is 7.58. The summed E-state index contributed by atoms with van der Waals surface area (Å²) in [6.07, 6.45) is -1.15. The number of hydrogen-bond donors (Lipinski definition) is 1. The molecule has 0 aliphatic carbocycles. The van der Waals surface area contributed by atoms with Gasteiger partial charge >= 0.3 is 12.0 Å². The molecule has 2 aromatic carbocycles. The molecule has 2 heterocycles. The van der Waals surface area contributed by atoms with Crippen LogP contribution in [-0.2, 0) is 27.4 Å². The van der Waals surface area contributed by atoms with Gasteiger partial charge in [-0.3, -0.25) is 4.79 Å². The number of fused-ring (bicyclic) bond motifs is 1. The fourth-order valence-electron chi connectivity index (χ4n) is 5.58. The van der Waals surface area contributed by atoms with Crippen LogP contribution in [0.25, 0.3) is 11.1 Å². The van der Waals surface area contributed by atoms with E-state index in [0.29, 0.717) is 44.8 Å². The van der Waals surface area contributed by atoms with Crippen molar-refractivity contribution in [2.75, 3.05) is 26.2 Å². The standard InChI is InChI=1S/C30H39N3O5/c1-18-8-10-22(11-9-18)25-19(2)23-16-33(29(37)32-14-12-31(13-15-32)21(4)34)17-24(23)20(3)26(25)27(28(35)36)38-30(5,6)7/h8-11,27H,12-17H2,1-7H3,(H,35,36). The molecule has 2 aromatic rings. The molecular formula is C30H39N3O5. The monoisotopic (exact) mass is 521 g/mol.